The van der Waals surface area contributed by atoms with Gasteiger partial charge in [-0.1, -0.05) is 30.3 Å². The first-order valence-electron chi connectivity index (χ1n) is 6.24. The summed E-state index contributed by atoms with van der Waals surface area (Å²) in [6.07, 6.45) is 0. The van der Waals surface area contributed by atoms with Gasteiger partial charge >= 0.3 is 5.82 Å². The van der Waals surface area contributed by atoms with E-state index in [1.807, 2.05) is 30.3 Å². The largest absolute Gasteiger partial charge is 0.358 e. The van der Waals surface area contributed by atoms with Crippen LogP contribution in [-0.4, -0.2) is 21.7 Å². The highest BCUT2D eigenvalue weighted by atomic mass is 35.5. The van der Waals surface area contributed by atoms with Gasteiger partial charge in [0, 0.05) is 11.9 Å². The first-order chi connectivity index (χ1) is 9.96. The number of aromatic amines is 1. The van der Waals surface area contributed by atoms with E-state index in [2.05, 4.69) is 10.3 Å². The van der Waals surface area contributed by atoms with Crippen LogP contribution in [0, 0.1) is 10.1 Å². The summed E-state index contributed by atoms with van der Waals surface area (Å²) in [5.41, 5.74) is 0.211. The van der Waals surface area contributed by atoms with Crippen LogP contribution in [0.15, 0.2) is 42.5 Å². The minimum Gasteiger partial charge on any atom is -0.358 e. The summed E-state index contributed by atoms with van der Waals surface area (Å²) in [5.74, 6) is -0.506. The number of carbonyl (C=O) groups excluding carboxylic acids is 1. The standard InChI is InChI=1S/C14H14ClN3O3/c1-14(9-15,10-5-3-2-4-6-10)17-13(19)11-7-8-12(16-11)18(20)21/h2-8,16H,9H2,1H3,(H,17,19). The number of benzene rings is 1. The smallest absolute Gasteiger partial charge is 0.321 e. The molecule has 2 aromatic rings. The third-order valence-corrected chi connectivity index (χ3v) is 3.71. The van der Waals surface area contributed by atoms with E-state index in [4.69, 9.17) is 11.6 Å². The highest BCUT2D eigenvalue weighted by Crippen LogP contribution is 2.23. The van der Waals surface area contributed by atoms with Gasteiger partial charge < -0.3 is 15.4 Å². The molecule has 0 aliphatic carbocycles. The van der Waals surface area contributed by atoms with Gasteiger partial charge in [0.05, 0.1) is 5.54 Å². The van der Waals surface area contributed by atoms with Gasteiger partial charge in [-0.15, -0.1) is 11.6 Å². The highest BCUT2D eigenvalue weighted by Gasteiger charge is 2.29. The van der Waals surface area contributed by atoms with Gasteiger partial charge in [-0.3, -0.25) is 4.79 Å². The zero-order valence-corrected chi connectivity index (χ0v) is 12.1. The molecule has 0 bridgehead atoms. The van der Waals surface area contributed by atoms with E-state index in [1.54, 1.807) is 6.92 Å². The molecule has 6 nitrogen and oxygen atoms in total. The molecule has 1 aromatic carbocycles. The second-order valence-electron chi connectivity index (χ2n) is 4.80. The number of hydrogen-bond donors (Lipinski definition) is 2. The Morgan fingerprint density at radius 3 is 2.52 bits per heavy atom. The Morgan fingerprint density at radius 1 is 1.33 bits per heavy atom. The summed E-state index contributed by atoms with van der Waals surface area (Å²) < 4.78 is 0. The van der Waals surface area contributed by atoms with Crippen molar-refractivity contribution in [3.8, 4) is 0 Å². The van der Waals surface area contributed by atoms with Gasteiger partial charge in [0.25, 0.3) is 5.91 Å². The van der Waals surface area contributed by atoms with E-state index >= 15 is 0 Å². The number of nitrogens with zero attached hydrogens (tertiary/aromatic N) is 1. The number of nitro groups is 1. The molecular weight excluding hydrogens is 294 g/mol. The van der Waals surface area contributed by atoms with Crippen LogP contribution in [0.4, 0.5) is 5.82 Å². The first kappa shape index (κ1) is 15.1. The van der Waals surface area contributed by atoms with Gasteiger partial charge in [0.15, 0.2) is 5.69 Å². The summed E-state index contributed by atoms with van der Waals surface area (Å²) in [5, 5.41) is 13.4. The second kappa shape index (κ2) is 5.97. The minimum atomic E-state index is -0.764. The summed E-state index contributed by atoms with van der Waals surface area (Å²) in [4.78, 5) is 24.7. The number of hydrogen-bond acceptors (Lipinski definition) is 3. The van der Waals surface area contributed by atoms with Crippen LogP contribution in [0.1, 0.15) is 23.0 Å². The lowest BCUT2D eigenvalue weighted by Gasteiger charge is -2.28. The van der Waals surface area contributed by atoms with Crippen molar-refractivity contribution < 1.29 is 9.72 Å². The Kier molecular flexibility index (Phi) is 4.28. The second-order valence-corrected chi connectivity index (χ2v) is 5.07. The molecular formula is C14H14ClN3O3. The molecule has 0 aliphatic heterocycles. The van der Waals surface area contributed by atoms with E-state index in [9.17, 15) is 14.9 Å². The number of nitrogens with one attached hydrogen (secondary N) is 2. The molecule has 0 fully saturated rings. The summed E-state index contributed by atoms with van der Waals surface area (Å²) >= 11 is 6.00. The third-order valence-electron chi connectivity index (χ3n) is 3.18. The van der Waals surface area contributed by atoms with Crippen LogP contribution in [0.25, 0.3) is 0 Å². The normalized spacial score (nSPS) is 13.4. The molecule has 1 heterocycles. The molecule has 1 aromatic heterocycles. The van der Waals surface area contributed by atoms with Gasteiger partial charge in [-0.2, -0.15) is 0 Å². The maximum atomic E-state index is 12.2. The monoisotopic (exact) mass is 307 g/mol. The lowest BCUT2D eigenvalue weighted by Crippen LogP contribution is -2.45. The SMILES string of the molecule is CC(CCl)(NC(=O)c1ccc([N+](=O)[O-])[nH]1)c1ccccc1. The highest BCUT2D eigenvalue weighted by molar-refractivity contribution is 6.18. The fraction of sp³-hybridized carbons (Fsp3) is 0.214. The zero-order chi connectivity index (χ0) is 15.5. The van der Waals surface area contributed by atoms with Crippen molar-refractivity contribution in [1.82, 2.24) is 10.3 Å². The maximum absolute atomic E-state index is 12.2. The molecule has 0 saturated heterocycles. The van der Waals surface area contributed by atoms with E-state index < -0.39 is 16.4 Å². The van der Waals surface area contributed by atoms with E-state index in [0.29, 0.717) is 0 Å². The molecule has 2 N–H and O–H groups in total. The predicted molar refractivity (Wildman–Crippen MR) is 79.4 cm³/mol. The van der Waals surface area contributed by atoms with E-state index in [-0.39, 0.29) is 17.4 Å². The van der Waals surface area contributed by atoms with Crippen molar-refractivity contribution in [2.45, 2.75) is 12.5 Å². The zero-order valence-electron chi connectivity index (χ0n) is 11.3. The fourth-order valence-electron chi connectivity index (χ4n) is 1.93. The van der Waals surface area contributed by atoms with Crippen LogP contribution in [0.3, 0.4) is 0 Å². The van der Waals surface area contributed by atoms with Crippen molar-refractivity contribution in [2.24, 2.45) is 0 Å². The van der Waals surface area contributed by atoms with Crippen LogP contribution < -0.4 is 5.32 Å². The summed E-state index contributed by atoms with van der Waals surface area (Å²) in [7, 11) is 0. The summed E-state index contributed by atoms with van der Waals surface area (Å²) in [6.45, 7) is 1.80. The van der Waals surface area contributed by atoms with Crippen molar-refractivity contribution in [3.63, 3.8) is 0 Å². The molecule has 110 valence electrons. The molecule has 1 atom stereocenters. The molecule has 0 radical (unpaired) electrons. The van der Waals surface area contributed by atoms with Gasteiger partial charge in [-0.25, -0.2) is 4.98 Å². The number of alkyl halides is 1. The lowest BCUT2D eigenvalue weighted by molar-refractivity contribution is -0.389. The topological polar surface area (TPSA) is 88.0 Å². The Balaban J connectivity index is 2.21. The van der Waals surface area contributed by atoms with E-state index in [1.165, 1.54) is 12.1 Å². The Hall–Kier alpha value is -2.34. The third kappa shape index (κ3) is 3.22. The molecule has 0 spiro atoms. The van der Waals surface area contributed by atoms with Gasteiger partial charge in [0.1, 0.15) is 0 Å². The number of H-pyrrole nitrogens is 1. The number of carbonyl (C=O) groups is 1. The Labute approximate surface area is 126 Å². The maximum Gasteiger partial charge on any atom is 0.321 e. The quantitative estimate of drug-likeness (QED) is 0.506. The number of amides is 1. The van der Waals surface area contributed by atoms with Crippen LogP contribution >= 0.6 is 11.6 Å². The van der Waals surface area contributed by atoms with Crippen molar-refractivity contribution in [1.29, 1.82) is 0 Å². The van der Waals surface area contributed by atoms with Crippen LogP contribution in [0.5, 0.6) is 0 Å². The number of rotatable bonds is 5. The summed E-state index contributed by atoms with van der Waals surface area (Å²) in [6, 6.07) is 11.9. The molecule has 7 heteroatoms. The first-order valence-corrected chi connectivity index (χ1v) is 6.77. The molecule has 2 rings (SSSR count). The minimum absolute atomic E-state index is 0.119. The van der Waals surface area contributed by atoms with Crippen molar-refractivity contribution in [2.75, 3.05) is 5.88 Å². The number of halogens is 1. The van der Waals surface area contributed by atoms with Crippen LogP contribution in [-0.2, 0) is 5.54 Å². The molecule has 0 aliphatic rings. The molecule has 1 unspecified atom stereocenters. The Bertz CT molecular complexity index is 656. The molecule has 21 heavy (non-hydrogen) atoms. The Morgan fingerprint density at radius 2 is 2.00 bits per heavy atom. The predicted octanol–water partition coefficient (Wildman–Crippen LogP) is 2.81. The average Bonchev–Trinajstić information content (AvgIpc) is 2.98. The van der Waals surface area contributed by atoms with E-state index in [0.717, 1.165) is 5.56 Å². The molecule has 0 saturated carbocycles. The molecule has 1 amide bonds. The fourth-order valence-corrected chi connectivity index (χ4v) is 2.15. The van der Waals surface area contributed by atoms with Crippen molar-refractivity contribution in [3.05, 3.63) is 63.8 Å². The number of aromatic nitrogens is 1. The van der Waals surface area contributed by atoms with Crippen molar-refractivity contribution >= 4 is 23.3 Å². The van der Waals surface area contributed by atoms with Crippen LogP contribution in [0.2, 0.25) is 0 Å². The lowest BCUT2D eigenvalue weighted by atomic mass is 9.94. The van der Waals surface area contributed by atoms with Gasteiger partial charge in [0.2, 0.25) is 0 Å². The average molecular weight is 308 g/mol. The van der Waals surface area contributed by atoms with Gasteiger partial charge in [-0.05, 0) is 23.5 Å².